The highest BCUT2D eigenvalue weighted by molar-refractivity contribution is 7.18. The van der Waals surface area contributed by atoms with E-state index < -0.39 is 0 Å². The summed E-state index contributed by atoms with van der Waals surface area (Å²) in [6.07, 6.45) is 0. The number of quaternary nitrogens is 2. The van der Waals surface area contributed by atoms with Crippen LogP contribution in [-0.2, 0) is 6.54 Å². The molecule has 0 atom stereocenters. The standard InChI is InChI=1S/C18H19ClN4OS2/c1-12(19)9-22-4-6-23(7-5-22)10-15-20-17(24)16-13(11-26-18(16)21-15)14-3-2-8-25-14/h2-3,8,11H,1,4-7,9-10H2,(H,20,21,24)/p+2. The molecule has 5 nitrogen and oxygen atoms in total. The van der Waals surface area contributed by atoms with Crippen molar-refractivity contribution >= 4 is 44.5 Å². The Balaban J connectivity index is 1.50. The van der Waals surface area contributed by atoms with Gasteiger partial charge in [0.1, 0.15) is 44.1 Å². The number of piperazine rings is 1. The molecule has 136 valence electrons. The van der Waals surface area contributed by atoms with Gasteiger partial charge in [-0.3, -0.25) is 4.79 Å². The number of H-pyrrole nitrogens is 1. The topological polar surface area (TPSA) is 54.6 Å². The Morgan fingerprint density at radius 2 is 2.04 bits per heavy atom. The molecule has 1 fully saturated rings. The van der Waals surface area contributed by atoms with E-state index in [2.05, 4.69) is 11.6 Å². The van der Waals surface area contributed by atoms with Gasteiger partial charge in [-0.25, -0.2) is 4.98 Å². The van der Waals surface area contributed by atoms with E-state index >= 15 is 0 Å². The molecular weight excluding hydrogens is 388 g/mol. The van der Waals surface area contributed by atoms with Crippen molar-refractivity contribution in [2.45, 2.75) is 6.54 Å². The van der Waals surface area contributed by atoms with E-state index in [0.717, 1.165) is 65.4 Å². The molecule has 3 aromatic rings. The third kappa shape index (κ3) is 3.77. The van der Waals surface area contributed by atoms with Crippen molar-refractivity contribution in [3.05, 3.63) is 50.7 Å². The highest BCUT2D eigenvalue weighted by Gasteiger charge is 2.24. The molecule has 1 saturated heterocycles. The zero-order valence-electron chi connectivity index (χ0n) is 14.3. The van der Waals surface area contributed by atoms with E-state index in [1.807, 2.05) is 22.9 Å². The van der Waals surface area contributed by atoms with Crippen molar-refractivity contribution in [2.24, 2.45) is 0 Å². The molecule has 1 aliphatic rings. The number of hydrogen-bond acceptors (Lipinski definition) is 4. The van der Waals surface area contributed by atoms with Crippen LogP contribution in [0.5, 0.6) is 0 Å². The van der Waals surface area contributed by atoms with Crippen molar-refractivity contribution in [1.82, 2.24) is 9.97 Å². The molecule has 0 aliphatic carbocycles. The Labute approximate surface area is 164 Å². The average molecular weight is 409 g/mol. The van der Waals surface area contributed by atoms with Gasteiger partial charge in [0, 0.05) is 15.8 Å². The van der Waals surface area contributed by atoms with Crippen LogP contribution in [-0.4, -0.2) is 42.7 Å². The molecule has 0 spiro atoms. The maximum atomic E-state index is 12.7. The fourth-order valence-corrected chi connectivity index (χ4v) is 5.48. The van der Waals surface area contributed by atoms with Crippen LogP contribution in [0.1, 0.15) is 5.82 Å². The molecule has 0 saturated carbocycles. The lowest BCUT2D eigenvalue weighted by molar-refractivity contribution is -1.02. The summed E-state index contributed by atoms with van der Waals surface area (Å²) in [5.41, 5.74) is 0.961. The first-order valence-electron chi connectivity index (χ1n) is 8.65. The molecule has 3 N–H and O–H groups in total. The first kappa shape index (κ1) is 17.9. The maximum absolute atomic E-state index is 12.7. The first-order valence-corrected chi connectivity index (χ1v) is 10.8. The molecule has 8 heteroatoms. The highest BCUT2D eigenvalue weighted by atomic mass is 35.5. The first-order chi connectivity index (χ1) is 12.6. The normalized spacial score (nSPS) is 20.5. The summed E-state index contributed by atoms with van der Waals surface area (Å²) in [6, 6.07) is 4.05. The summed E-state index contributed by atoms with van der Waals surface area (Å²) >= 11 is 9.11. The van der Waals surface area contributed by atoms with Gasteiger partial charge in [0.2, 0.25) is 0 Å². The van der Waals surface area contributed by atoms with E-state index in [4.69, 9.17) is 16.6 Å². The number of halogens is 1. The predicted octanol–water partition coefficient (Wildman–Crippen LogP) is 0.749. The maximum Gasteiger partial charge on any atom is 0.260 e. The van der Waals surface area contributed by atoms with Crippen LogP contribution in [0.3, 0.4) is 0 Å². The zero-order chi connectivity index (χ0) is 18.1. The van der Waals surface area contributed by atoms with Gasteiger partial charge in [-0.2, -0.15) is 0 Å². The molecule has 0 amide bonds. The van der Waals surface area contributed by atoms with Crippen LogP contribution in [0.4, 0.5) is 0 Å². The lowest BCUT2D eigenvalue weighted by Crippen LogP contribution is -3.27. The fraction of sp³-hybridized carbons (Fsp3) is 0.333. The largest absolute Gasteiger partial charge is 0.321 e. The Morgan fingerprint density at radius 1 is 1.27 bits per heavy atom. The third-order valence-electron chi connectivity index (χ3n) is 4.80. The van der Waals surface area contributed by atoms with Crippen molar-refractivity contribution in [3.8, 4) is 10.4 Å². The van der Waals surface area contributed by atoms with Crippen molar-refractivity contribution < 1.29 is 9.80 Å². The Hall–Kier alpha value is -1.51. The van der Waals surface area contributed by atoms with Gasteiger partial charge in [-0.15, -0.1) is 22.7 Å². The van der Waals surface area contributed by atoms with Crippen LogP contribution in [0, 0.1) is 0 Å². The number of aromatic amines is 1. The second kappa shape index (κ2) is 7.62. The van der Waals surface area contributed by atoms with E-state index in [9.17, 15) is 4.79 Å². The second-order valence-electron chi connectivity index (χ2n) is 6.69. The van der Waals surface area contributed by atoms with Gasteiger partial charge >= 0.3 is 0 Å². The van der Waals surface area contributed by atoms with E-state index in [1.165, 1.54) is 9.80 Å². The zero-order valence-corrected chi connectivity index (χ0v) is 16.7. The molecule has 26 heavy (non-hydrogen) atoms. The Kier molecular flexibility index (Phi) is 5.24. The van der Waals surface area contributed by atoms with Crippen molar-refractivity contribution in [2.75, 3.05) is 32.7 Å². The number of rotatable bonds is 5. The molecule has 4 rings (SSSR count). The Bertz CT molecular complexity index is 971. The van der Waals surface area contributed by atoms with Crippen LogP contribution in [0.25, 0.3) is 20.7 Å². The summed E-state index contributed by atoms with van der Waals surface area (Å²) in [5, 5.41) is 5.50. The van der Waals surface area contributed by atoms with E-state index in [0.29, 0.717) is 5.39 Å². The number of fused-ring (bicyclic) bond motifs is 1. The van der Waals surface area contributed by atoms with Crippen LogP contribution in [0.15, 0.2) is 39.3 Å². The Morgan fingerprint density at radius 3 is 2.73 bits per heavy atom. The minimum atomic E-state index is -0.0308. The molecule has 4 heterocycles. The van der Waals surface area contributed by atoms with Gasteiger partial charge in [0.15, 0.2) is 5.82 Å². The summed E-state index contributed by atoms with van der Waals surface area (Å²) in [6.45, 7) is 9.60. The fourth-order valence-electron chi connectivity index (χ4n) is 3.51. The quantitative estimate of drug-likeness (QED) is 0.583. The molecular formula is C18H21ClN4OS2+2. The van der Waals surface area contributed by atoms with Crippen LogP contribution >= 0.6 is 34.3 Å². The molecule has 0 bridgehead atoms. The SMILES string of the molecule is C=C(Cl)C[NH+]1CC[NH+](Cc2nc3scc(-c4cccs4)c3c(=O)[nH]2)CC1. The monoisotopic (exact) mass is 408 g/mol. The van der Waals surface area contributed by atoms with Gasteiger partial charge in [-0.05, 0) is 11.4 Å². The van der Waals surface area contributed by atoms with Crippen molar-refractivity contribution in [3.63, 3.8) is 0 Å². The third-order valence-corrected chi connectivity index (χ3v) is 6.71. The number of hydrogen-bond donors (Lipinski definition) is 3. The molecule has 0 radical (unpaired) electrons. The molecule has 0 aromatic carbocycles. The van der Waals surface area contributed by atoms with Crippen LogP contribution in [0.2, 0.25) is 0 Å². The molecule has 0 unspecified atom stereocenters. The average Bonchev–Trinajstić information content (AvgIpc) is 3.25. The van der Waals surface area contributed by atoms with Gasteiger partial charge < -0.3 is 14.8 Å². The summed E-state index contributed by atoms with van der Waals surface area (Å²) < 4.78 is 0. The molecule has 3 aromatic heterocycles. The number of nitrogens with one attached hydrogen (secondary N) is 3. The predicted molar refractivity (Wildman–Crippen MR) is 109 cm³/mol. The lowest BCUT2D eigenvalue weighted by Gasteiger charge is -2.29. The van der Waals surface area contributed by atoms with Gasteiger partial charge in [0.25, 0.3) is 5.56 Å². The second-order valence-corrected chi connectivity index (χ2v) is 9.03. The highest BCUT2D eigenvalue weighted by Crippen LogP contribution is 2.33. The number of nitrogens with zero attached hydrogens (tertiary/aromatic N) is 1. The van der Waals surface area contributed by atoms with Crippen LogP contribution < -0.4 is 15.4 Å². The lowest BCUT2D eigenvalue weighted by atomic mass is 10.2. The van der Waals surface area contributed by atoms with E-state index in [1.54, 1.807) is 22.7 Å². The number of aromatic nitrogens is 2. The summed E-state index contributed by atoms with van der Waals surface area (Å²) in [7, 11) is 0. The summed E-state index contributed by atoms with van der Waals surface area (Å²) in [4.78, 5) is 25.3. The van der Waals surface area contributed by atoms with Gasteiger partial charge in [0.05, 0.1) is 10.4 Å². The minimum Gasteiger partial charge on any atom is -0.321 e. The van der Waals surface area contributed by atoms with Gasteiger partial charge in [-0.1, -0.05) is 24.2 Å². The molecule has 1 aliphatic heterocycles. The van der Waals surface area contributed by atoms with Crippen molar-refractivity contribution in [1.29, 1.82) is 0 Å². The van der Waals surface area contributed by atoms with E-state index in [-0.39, 0.29) is 5.56 Å². The minimum absolute atomic E-state index is 0.0308. The number of thiophene rings is 2. The smallest absolute Gasteiger partial charge is 0.260 e. The summed E-state index contributed by atoms with van der Waals surface area (Å²) in [5.74, 6) is 0.780.